The van der Waals surface area contributed by atoms with Crippen LogP contribution in [0, 0.1) is 12.7 Å². The molecular formula is C11H13ClFN3. The Morgan fingerprint density at radius 1 is 1.56 bits per heavy atom. The van der Waals surface area contributed by atoms with Gasteiger partial charge < -0.3 is 5.73 Å². The Balaban J connectivity index is 2.64. The highest BCUT2D eigenvalue weighted by Gasteiger charge is 2.11. The number of aryl methyl sites for hydroxylation is 1. The Kier molecular flexibility index (Phi) is 2.86. The molecule has 5 heteroatoms. The van der Waals surface area contributed by atoms with Gasteiger partial charge in [-0.15, -0.1) is 0 Å². The van der Waals surface area contributed by atoms with Crippen LogP contribution in [0.5, 0.6) is 0 Å². The lowest BCUT2D eigenvalue weighted by molar-refractivity contribution is 0.550. The standard InChI is InChI=1S/C11H13ClFN3/c1-6(14)5-16-11-4-9(12)10(13)3-8(11)7(2)15-16/h3-4,6H,5,14H2,1-2H3/t6-/m0/s1. The molecule has 0 radical (unpaired) electrons. The van der Waals surface area contributed by atoms with E-state index in [2.05, 4.69) is 5.10 Å². The molecule has 0 bridgehead atoms. The van der Waals surface area contributed by atoms with Gasteiger partial charge in [0.1, 0.15) is 5.82 Å². The van der Waals surface area contributed by atoms with E-state index in [1.54, 1.807) is 10.7 Å². The first-order valence-electron chi connectivity index (χ1n) is 5.07. The summed E-state index contributed by atoms with van der Waals surface area (Å²) >= 11 is 5.76. The molecule has 1 atom stereocenters. The predicted octanol–water partition coefficient (Wildman–Crippen LogP) is 2.48. The van der Waals surface area contributed by atoms with Gasteiger partial charge in [-0.25, -0.2) is 4.39 Å². The molecule has 2 N–H and O–H groups in total. The van der Waals surface area contributed by atoms with E-state index >= 15 is 0 Å². The lowest BCUT2D eigenvalue weighted by Gasteiger charge is -2.06. The first kappa shape index (κ1) is 11.4. The van der Waals surface area contributed by atoms with Gasteiger partial charge in [-0.1, -0.05) is 11.6 Å². The van der Waals surface area contributed by atoms with Gasteiger partial charge in [0, 0.05) is 11.4 Å². The minimum atomic E-state index is -0.419. The van der Waals surface area contributed by atoms with Gasteiger partial charge in [-0.3, -0.25) is 4.68 Å². The summed E-state index contributed by atoms with van der Waals surface area (Å²) in [5, 5.41) is 5.21. The van der Waals surface area contributed by atoms with Crippen LogP contribution in [-0.4, -0.2) is 15.8 Å². The van der Waals surface area contributed by atoms with Crippen LogP contribution in [0.1, 0.15) is 12.6 Å². The number of rotatable bonds is 2. The fraction of sp³-hybridized carbons (Fsp3) is 0.364. The number of hydrogen-bond donors (Lipinski definition) is 1. The lowest BCUT2D eigenvalue weighted by atomic mass is 10.2. The largest absolute Gasteiger partial charge is 0.326 e. The molecule has 16 heavy (non-hydrogen) atoms. The van der Waals surface area contributed by atoms with Crippen LogP contribution in [0.4, 0.5) is 4.39 Å². The summed E-state index contributed by atoms with van der Waals surface area (Å²) < 4.78 is 15.1. The van der Waals surface area contributed by atoms with Crippen molar-refractivity contribution >= 4 is 22.5 Å². The Bertz CT molecular complexity index is 533. The van der Waals surface area contributed by atoms with Crippen LogP contribution >= 0.6 is 11.6 Å². The molecule has 1 aromatic heterocycles. The molecular weight excluding hydrogens is 229 g/mol. The van der Waals surface area contributed by atoms with Crippen molar-refractivity contribution in [1.82, 2.24) is 9.78 Å². The smallest absolute Gasteiger partial charge is 0.142 e. The molecule has 2 rings (SSSR count). The quantitative estimate of drug-likeness (QED) is 0.878. The van der Waals surface area contributed by atoms with Crippen LogP contribution in [-0.2, 0) is 6.54 Å². The van der Waals surface area contributed by atoms with Crippen molar-refractivity contribution < 1.29 is 4.39 Å². The van der Waals surface area contributed by atoms with E-state index in [0.29, 0.717) is 6.54 Å². The molecule has 0 aliphatic carbocycles. The van der Waals surface area contributed by atoms with E-state index in [-0.39, 0.29) is 11.1 Å². The fourth-order valence-electron chi connectivity index (χ4n) is 1.74. The maximum absolute atomic E-state index is 13.3. The van der Waals surface area contributed by atoms with Crippen LogP contribution in [0.3, 0.4) is 0 Å². The number of hydrogen-bond acceptors (Lipinski definition) is 2. The average Bonchev–Trinajstić information content (AvgIpc) is 2.44. The minimum absolute atomic E-state index is 0.00803. The average molecular weight is 242 g/mol. The second kappa shape index (κ2) is 4.03. The number of nitrogens with two attached hydrogens (primary N) is 1. The lowest BCUT2D eigenvalue weighted by Crippen LogP contribution is -2.22. The second-order valence-electron chi connectivity index (χ2n) is 4.03. The molecule has 0 fully saturated rings. The highest BCUT2D eigenvalue weighted by molar-refractivity contribution is 6.31. The van der Waals surface area contributed by atoms with Gasteiger partial charge in [-0.2, -0.15) is 5.10 Å². The molecule has 86 valence electrons. The van der Waals surface area contributed by atoms with Crippen molar-refractivity contribution in [2.75, 3.05) is 0 Å². The van der Waals surface area contributed by atoms with Gasteiger partial charge in [0.05, 0.1) is 22.8 Å². The molecule has 1 heterocycles. The molecule has 0 amide bonds. The molecule has 0 saturated heterocycles. The number of fused-ring (bicyclic) bond motifs is 1. The molecule has 1 aromatic carbocycles. The van der Waals surface area contributed by atoms with Gasteiger partial charge in [-0.05, 0) is 26.0 Å². The summed E-state index contributed by atoms with van der Waals surface area (Å²) in [7, 11) is 0. The predicted molar refractivity (Wildman–Crippen MR) is 63.1 cm³/mol. The van der Waals surface area contributed by atoms with Gasteiger partial charge in [0.25, 0.3) is 0 Å². The summed E-state index contributed by atoms with van der Waals surface area (Å²) in [6.07, 6.45) is 0. The second-order valence-corrected chi connectivity index (χ2v) is 4.44. The highest BCUT2D eigenvalue weighted by atomic mass is 35.5. The molecule has 3 nitrogen and oxygen atoms in total. The molecule has 0 spiro atoms. The topological polar surface area (TPSA) is 43.8 Å². The summed E-state index contributed by atoms with van der Waals surface area (Å²) in [5.74, 6) is -0.419. The van der Waals surface area contributed by atoms with E-state index < -0.39 is 5.82 Å². The van der Waals surface area contributed by atoms with E-state index in [9.17, 15) is 4.39 Å². The van der Waals surface area contributed by atoms with Crippen molar-refractivity contribution in [2.45, 2.75) is 26.4 Å². The minimum Gasteiger partial charge on any atom is -0.326 e. The molecule has 0 aliphatic rings. The van der Waals surface area contributed by atoms with Crippen molar-refractivity contribution in [2.24, 2.45) is 5.73 Å². The van der Waals surface area contributed by atoms with Crippen molar-refractivity contribution in [3.05, 3.63) is 28.7 Å². The Hall–Kier alpha value is -1.13. The van der Waals surface area contributed by atoms with Crippen LogP contribution in [0.15, 0.2) is 12.1 Å². The number of benzene rings is 1. The maximum Gasteiger partial charge on any atom is 0.142 e. The number of halogens is 2. The first-order valence-corrected chi connectivity index (χ1v) is 5.44. The highest BCUT2D eigenvalue weighted by Crippen LogP contribution is 2.25. The number of nitrogens with zero attached hydrogens (tertiary/aromatic N) is 2. The van der Waals surface area contributed by atoms with Crippen molar-refractivity contribution in [3.8, 4) is 0 Å². The SMILES string of the molecule is Cc1nn(C[C@H](C)N)c2cc(Cl)c(F)cc12. The summed E-state index contributed by atoms with van der Waals surface area (Å²) in [5.41, 5.74) is 7.33. The monoisotopic (exact) mass is 241 g/mol. The zero-order chi connectivity index (χ0) is 11.9. The third kappa shape index (κ3) is 1.90. The van der Waals surface area contributed by atoms with E-state index in [1.165, 1.54) is 6.07 Å². The first-order chi connectivity index (χ1) is 7.49. The molecule has 2 aromatic rings. The van der Waals surface area contributed by atoms with Gasteiger partial charge in [0.2, 0.25) is 0 Å². The molecule has 0 saturated carbocycles. The molecule has 0 aliphatic heterocycles. The van der Waals surface area contributed by atoms with Gasteiger partial charge in [0.15, 0.2) is 0 Å². The summed E-state index contributed by atoms with van der Waals surface area (Å²) in [6, 6.07) is 3.00. The van der Waals surface area contributed by atoms with E-state index in [4.69, 9.17) is 17.3 Å². The fourth-order valence-corrected chi connectivity index (χ4v) is 1.90. The zero-order valence-electron chi connectivity index (χ0n) is 9.17. The van der Waals surface area contributed by atoms with Gasteiger partial charge >= 0.3 is 0 Å². The normalized spacial score (nSPS) is 13.3. The number of aromatic nitrogens is 2. The van der Waals surface area contributed by atoms with E-state index in [0.717, 1.165) is 16.6 Å². The van der Waals surface area contributed by atoms with Crippen molar-refractivity contribution in [3.63, 3.8) is 0 Å². The third-order valence-corrected chi connectivity index (χ3v) is 2.73. The van der Waals surface area contributed by atoms with Crippen LogP contribution < -0.4 is 5.73 Å². The zero-order valence-corrected chi connectivity index (χ0v) is 9.92. The van der Waals surface area contributed by atoms with E-state index in [1.807, 2.05) is 13.8 Å². The Morgan fingerprint density at radius 2 is 2.25 bits per heavy atom. The van der Waals surface area contributed by atoms with Crippen LogP contribution in [0.25, 0.3) is 10.9 Å². The maximum atomic E-state index is 13.3. The van der Waals surface area contributed by atoms with Crippen LogP contribution in [0.2, 0.25) is 5.02 Å². The van der Waals surface area contributed by atoms with Crippen molar-refractivity contribution in [1.29, 1.82) is 0 Å². The Labute approximate surface area is 98.0 Å². The third-order valence-electron chi connectivity index (χ3n) is 2.44. The molecule has 0 unspecified atom stereocenters. The summed E-state index contributed by atoms with van der Waals surface area (Å²) in [6.45, 7) is 4.33. The Morgan fingerprint density at radius 3 is 2.88 bits per heavy atom. The summed E-state index contributed by atoms with van der Waals surface area (Å²) in [4.78, 5) is 0.